The Kier molecular flexibility index (Phi) is 4.60. The van der Waals surface area contributed by atoms with Gasteiger partial charge in [0.1, 0.15) is 5.82 Å². The number of amides is 2. The molecule has 0 radical (unpaired) electrons. The van der Waals surface area contributed by atoms with Crippen molar-refractivity contribution < 1.29 is 14.0 Å². The summed E-state index contributed by atoms with van der Waals surface area (Å²) in [5.74, 6) is -1.37. The first-order valence-corrected chi connectivity index (χ1v) is 8.03. The zero-order chi connectivity index (χ0) is 17.1. The maximum Gasteiger partial charge on any atom is 0.269 e. The van der Waals surface area contributed by atoms with Gasteiger partial charge in [-0.25, -0.2) is 4.39 Å². The largest absolute Gasteiger partial charge is 0.273 e. The fourth-order valence-electron chi connectivity index (χ4n) is 2.78. The molecule has 24 heavy (non-hydrogen) atoms. The molecule has 2 amide bonds. The maximum absolute atomic E-state index is 13.7. The Labute approximate surface area is 140 Å². The minimum atomic E-state index is -0.367. The number of rotatable bonds is 4. The SMILES string of the molecule is CCc1ccc(C(=O)NNC(=O)C2CC2c2ccccc2F)cc1. The van der Waals surface area contributed by atoms with Crippen LogP contribution in [0.1, 0.15) is 40.7 Å². The molecular weight excluding hydrogens is 307 g/mol. The van der Waals surface area contributed by atoms with E-state index in [0.717, 1.165) is 12.0 Å². The Morgan fingerprint density at radius 3 is 2.46 bits per heavy atom. The first-order valence-electron chi connectivity index (χ1n) is 8.03. The zero-order valence-corrected chi connectivity index (χ0v) is 13.4. The van der Waals surface area contributed by atoms with Gasteiger partial charge >= 0.3 is 0 Å². The third kappa shape index (κ3) is 3.45. The van der Waals surface area contributed by atoms with E-state index >= 15 is 0 Å². The van der Waals surface area contributed by atoms with Gasteiger partial charge in [-0.2, -0.15) is 0 Å². The van der Waals surface area contributed by atoms with Gasteiger partial charge in [0, 0.05) is 11.5 Å². The number of nitrogens with one attached hydrogen (secondary N) is 2. The molecule has 4 nitrogen and oxygen atoms in total. The highest BCUT2D eigenvalue weighted by molar-refractivity contribution is 5.96. The monoisotopic (exact) mass is 326 g/mol. The highest BCUT2D eigenvalue weighted by Gasteiger charge is 2.45. The number of aryl methyl sites for hydroxylation is 1. The van der Waals surface area contributed by atoms with Gasteiger partial charge in [-0.05, 0) is 48.1 Å². The molecule has 1 fully saturated rings. The first kappa shape index (κ1) is 16.2. The summed E-state index contributed by atoms with van der Waals surface area (Å²) in [6.45, 7) is 2.04. The zero-order valence-electron chi connectivity index (χ0n) is 13.4. The van der Waals surface area contributed by atoms with Gasteiger partial charge in [0.25, 0.3) is 5.91 Å². The van der Waals surface area contributed by atoms with E-state index in [9.17, 15) is 14.0 Å². The van der Waals surface area contributed by atoms with E-state index in [1.54, 1.807) is 30.3 Å². The van der Waals surface area contributed by atoms with Crippen molar-refractivity contribution in [1.82, 2.24) is 10.9 Å². The standard InChI is InChI=1S/C19H19FN2O2/c1-2-12-7-9-13(10-8-12)18(23)21-22-19(24)16-11-15(16)14-5-3-4-6-17(14)20/h3-10,15-16H,2,11H2,1H3,(H,21,23)(H,22,24). The van der Waals surface area contributed by atoms with Gasteiger partial charge in [0.2, 0.25) is 5.91 Å². The summed E-state index contributed by atoms with van der Waals surface area (Å²) in [4.78, 5) is 24.1. The summed E-state index contributed by atoms with van der Waals surface area (Å²) in [7, 11) is 0. The van der Waals surface area contributed by atoms with E-state index < -0.39 is 0 Å². The third-order valence-corrected chi connectivity index (χ3v) is 4.36. The number of hydrazine groups is 1. The summed E-state index contributed by atoms with van der Waals surface area (Å²) in [6.07, 6.45) is 1.49. The van der Waals surface area contributed by atoms with E-state index in [1.807, 2.05) is 19.1 Å². The lowest BCUT2D eigenvalue weighted by molar-refractivity contribution is -0.123. The number of halogens is 1. The van der Waals surface area contributed by atoms with Crippen LogP contribution in [-0.4, -0.2) is 11.8 Å². The average molecular weight is 326 g/mol. The Morgan fingerprint density at radius 1 is 1.08 bits per heavy atom. The van der Waals surface area contributed by atoms with Gasteiger partial charge in [0.05, 0.1) is 0 Å². The van der Waals surface area contributed by atoms with Crippen LogP contribution >= 0.6 is 0 Å². The summed E-state index contributed by atoms with van der Waals surface area (Å²) in [6, 6.07) is 13.7. The second kappa shape index (κ2) is 6.83. The van der Waals surface area contributed by atoms with Gasteiger partial charge in [-0.1, -0.05) is 37.3 Å². The fourth-order valence-corrected chi connectivity index (χ4v) is 2.78. The van der Waals surface area contributed by atoms with Crippen LogP contribution in [0.4, 0.5) is 4.39 Å². The Morgan fingerprint density at radius 2 is 1.79 bits per heavy atom. The van der Waals surface area contributed by atoms with Crippen LogP contribution in [-0.2, 0) is 11.2 Å². The Hall–Kier alpha value is -2.69. The van der Waals surface area contributed by atoms with Crippen LogP contribution in [0.25, 0.3) is 0 Å². The molecule has 1 aliphatic carbocycles. The number of hydrogen-bond donors (Lipinski definition) is 2. The van der Waals surface area contributed by atoms with Crippen molar-refractivity contribution in [2.24, 2.45) is 5.92 Å². The molecule has 5 heteroatoms. The molecule has 2 N–H and O–H groups in total. The number of carbonyl (C=O) groups is 2. The van der Waals surface area contributed by atoms with Crippen molar-refractivity contribution in [3.05, 3.63) is 71.0 Å². The quantitative estimate of drug-likeness (QED) is 0.849. The third-order valence-electron chi connectivity index (χ3n) is 4.36. The molecule has 2 unspecified atom stereocenters. The van der Waals surface area contributed by atoms with Crippen LogP contribution in [0.15, 0.2) is 48.5 Å². The van der Waals surface area contributed by atoms with E-state index in [0.29, 0.717) is 17.5 Å². The molecule has 0 bridgehead atoms. The second-order valence-electron chi connectivity index (χ2n) is 5.96. The highest BCUT2D eigenvalue weighted by atomic mass is 19.1. The fraction of sp³-hybridized carbons (Fsp3) is 0.263. The molecular formula is C19H19FN2O2. The van der Waals surface area contributed by atoms with Gasteiger partial charge < -0.3 is 0 Å². The number of carbonyl (C=O) groups excluding carboxylic acids is 2. The van der Waals surface area contributed by atoms with Gasteiger partial charge in [-0.15, -0.1) is 0 Å². The molecule has 0 aliphatic heterocycles. The first-order chi connectivity index (χ1) is 11.6. The lowest BCUT2D eigenvalue weighted by Gasteiger charge is -2.08. The predicted octanol–water partition coefficient (Wildman–Crippen LogP) is 2.95. The predicted molar refractivity (Wildman–Crippen MR) is 88.7 cm³/mol. The molecule has 124 valence electrons. The smallest absolute Gasteiger partial charge is 0.269 e. The summed E-state index contributed by atoms with van der Waals surface area (Å²) in [5.41, 5.74) is 7.02. The van der Waals surface area contributed by atoms with Gasteiger partial charge in [0.15, 0.2) is 0 Å². The Balaban J connectivity index is 1.53. The Bertz CT molecular complexity index is 758. The van der Waals surface area contributed by atoms with Gasteiger partial charge in [-0.3, -0.25) is 20.4 Å². The average Bonchev–Trinajstić information content (AvgIpc) is 3.40. The summed E-state index contributed by atoms with van der Waals surface area (Å²) < 4.78 is 13.7. The minimum Gasteiger partial charge on any atom is -0.273 e. The lowest BCUT2D eigenvalue weighted by atomic mass is 10.1. The maximum atomic E-state index is 13.7. The van der Waals surface area contributed by atoms with Crippen molar-refractivity contribution in [3.63, 3.8) is 0 Å². The van der Waals surface area contributed by atoms with Crippen LogP contribution in [0.5, 0.6) is 0 Å². The molecule has 3 rings (SSSR count). The summed E-state index contributed by atoms with van der Waals surface area (Å²) >= 11 is 0. The van der Waals surface area contributed by atoms with Crippen molar-refractivity contribution in [2.75, 3.05) is 0 Å². The molecule has 2 atom stereocenters. The van der Waals surface area contributed by atoms with Crippen molar-refractivity contribution in [3.8, 4) is 0 Å². The molecule has 0 spiro atoms. The summed E-state index contributed by atoms with van der Waals surface area (Å²) in [5, 5.41) is 0. The van der Waals surface area contributed by atoms with Crippen molar-refractivity contribution in [2.45, 2.75) is 25.7 Å². The molecule has 1 saturated carbocycles. The van der Waals surface area contributed by atoms with Crippen LogP contribution in [0.3, 0.4) is 0 Å². The second-order valence-corrected chi connectivity index (χ2v) is 5.96. The van der Waals surface area contributed by atoms with E-state index in [-0.39, 0.29) is 29.5 Å². The van der Waals surface area contributed by atoms with Crippen LogP contribution < -0.4 is 10.9 Å². The molecule has 1 aliphatic rings. The van der Waals surface area contributed by atoms with E-state index in [4.69, 9.17) is 0 Å². The van der Waals surface area contributed by atoms with E-state index in [2.05, 4.69) is 10.9 Å². The molecule has 2 aromatic rings. The number of benzene rings is 2. The number of hydrogen-bond acceptors (Lipinski definition) is 2. The molecule has 0 saturated heterocycles. The van der Waals surface area contributed by atoms with E-state index in [1.165, 1.54) is 6.07 Å². The van der Waals surface area contributed by atoms with Crippen molar-refractivity contribution in [1.29, 1.82) is 0 Å². The highest BCUT2D eigenvalue weighted by Crippen LogP contribution is 2.48. The molecule has 0 heterocycles. The normalized spacial score (nSPS) is 18.8. The topological polar surface area (TPSA) is 58.2 Å². The molecule has 0 aromatic heterocycles. The van der Waals surface area contributed by atoms with Crippen molar-refractivity contribution >= 4 is 11.8 Å². The lowest BCUT2D eigenvalue weighted by Crippen LogP contribution is -2.42. The molecule has 2 aromatic carbocycles. The van der Waals surface area contributed by atoms with Crippen LogP contribution in [0.2, 0.25) is 0 Å². The minimum absolute atomic E-state index is 0.119. The van der Waals surface area contributed by atoms with Crippen LogP contribution in [0, 0.1) is 11.7 Å².